The van der Waals surface area contributed by atoms with Crippen LogP contribution in [0.2, 0.25) is 0 Å². The summed E-state index contributed by atoms with van der Waals surface area (Å²) in [5, 5.41) is 5.72. The zero-order chi connectivity index (χ0) is 19.0. The zero-order valence-electron chi connectivity index (χ0n) is 14.8. The highest BCUT2D eigenvalue weighted by atomic mass is 32.2. The number of fused-ring (bicyclic) bond motifs is 1. The second-order valence-electron chi connectivity index (χ2n) is 6.15. The van der Waals surface area contributed by atoms with Gasteiger partial charge in [0.25, 0.3) is 0 Å². The Bertz CT molecular complexity index is 1140. The number of hydrogen-bond acceptors (Lipinski definition) is 4. The fourth-order valence-corrected chi connectivity index (χ4v) is 3.52. The van der Waals surface area contributed by atoms with E-state index >= 15 is 0 Å². The van der Waals surface area contributed by atoms with Gasteiger partial charge in [-0.05, 0) is 44.4 Å². The summed E-state index contributed by atoms with van der Waals surface area (Å²) in [6.07, 6.45) is 1.67. The van der Waals surface area contributed by atoms with Gasteiger partial charge in [-0.25, -0.2) is 22.6 Å². The van der Waals surface area contributed by atoms with Crippen molar-refractivity contribution in [1.82, 2.24) is 19.1 Å². The van der Waals surface area contributed by atoms with Crippen LogP contribution in [0.4, 0.5) is 4.39 Å². The fourth-order valence-electron chi connectivity index (χ4n) is 2.81. The number of hydrogen-bond donors (Lipinski definition) is 0. The van der Waals surface area contributed by atoms with Crippen molar-refractivity contribution in [2.75, 3.05) is 14.1 Å². The van der Waals surface area contributed by atoms with Gasteiger partial charge in [0.2, 0.25) is 5.09 Å². The highest BCUT2D eigenvalue weighted by Crippen LogP contribution is 2.30. The SMILES string of the molecule is CN(C)S(=O)c1ccc(-c2nn(Cc3ccccc3F)c3ncccc23)o1. The van der Waals surface area contributed by atoms with E-state index in [-0.39, 0.29) is 12.4 Å². The summed E-state index contributed by atoms with van der Waals surface area (Å²) >= 11 is 0. The average molecular weight is 384 g/mol. The largest absolute Gasteiger partial charge is 0.444 e. The Morgan fingerprint density at radius 1 is 1.15 bits per heavy atom. The molecule has 0 saturated carbocycles. The van der Waals surface area contributed by atoms with Crippen LogP contribution in [-0.2, 0) is 17.5 Å². The highest BCUT2D eigenvalue weighted by Gasteiger charge is 2.19. The molecule has 1 aromatic carbocycles. The lowest BCUT2D eigenvalue weighted by Gasteiger charge is -2.05. The number of pyridine rings is 1. The third-order valence-electron chi connectivity index (χ3n) is 4.10. The van der Waals surface area contributed by atoms with E-state index in [4.69, 9.17) is 4.42 Å². The number of aromatic nitrogens is 3. The highest BCUT2D eigenvalue weighted by molar-refractivity contribution is 7.82. The molecule has 0 radical (unpaired) electrons. The smallest absolute Gasteiger partial charge is 0.206 e. The van der Waals surface area contributed by atoms with E-state index in [0.29, 0.717) is 27.8 Å². The normalized spacial score (nSPS) is 12.7. The molecule has 3 heterocycles. The summed E-state index contributed by atoms with van der Waals surface area (Å²) in [5.41, 5.74) is 1.73. The summed E-state index contributed by atoms with van der Waals surface area (Å²) in [6.45, 7) is 0.247. The minimum atomic E-state index is -1.38. The third kappa shape index (κ3) is 3.29. The zero-order valence-corrected chi connectivity index (χ0v) is 15.6. The van der Waals surface area contributed by atoms with E-state index in [1.165, 1.54) is 6.07 Å². The van der Waals surface area contributed by atoms with E-state index in [1.807, 2.05) is 12.1 Å². The van der Waals surface area contributed by atoms with Gasteiger partial charge in [0, 0.05) is 11.8 Å². The molecule has 0 bridgehead atoms. The van der Waals surface area contributed by atoms with Gasteiger partial charge in [0.1, 0.15) is 11.5 Å². The summed E-state index contributed by atoms with van der Waals surface area (Å²) in [7, 11) is 2.04. The minimum absolute atomic E-state index is 0.247. The fraction of sp³-hybridized carbons (Fsp3) is 0.158. The molecule has 0 fully saturated rings. The molecule has 0 aliphatic carbocycles. The number of nitrogens with zero attached hydrogens (tertiary/aromatic N) is 4. The topological polar surface area (TPSA) is 64.2 Å². The number of benzene rings is 1. The molecule has 1 atom stereocenters. The molecular formula is C19H17FN4O2S. The molecule has 0 saturated heterocycles. The standard InChI is InChI=1S/C19H17FN4O2S/c1-23(2)27(25)17-10-9-16(26-17)18-14-7-5-11-21-19(14)24(22-18)12-13-6-3-4-8-15(13)20/h3-11H,12H2,1-2H3. The van der Waals surface area contributed by atoms with Crippen LogP contribution in [0.25, 0.3) is 22.5 Å². The molecule has 27 heavy (non-hydrogen) atoms. The number of halogens is 1. The van der Waals surface area contributed by atoms with Gasteiger partial charge in [-0.1, -0.05) is 18.2 Å². The van der Waals surface area contributed by atoms with Crippen molar-refractivity contribution >= 4 is 22.0 Å². The molecule has 4 aromatic rings. The lowest BCUT2D eigenvalue weighted by molar-refractivity contribution is 0.462. The van der Waals surface area contributed by atoms with Crippen molar-refractivity contribution in [2.24, 2.45) is 0 Å². The van der Waals surface area contributed by atoms with E-state index < -0.39 is 11.0 Å². The van der Waals surface area contributed by atoms with Crippen molar-refractivity contribution in [2.45, 2.75) is 11.6 Å². The van der Waals surface area contributed by atoms with Gasteiger partial charge < -0.3 is 4.42 Å². The molecule has 138 valence electrons. The van der Waals surface area contributed by atoms with Crippen molar-refractivity contribution in [1.29, 1.82) is 0 Å². The Hall–Kier alpha value is -2.84. The Morgan fingerprint density at radius 2 is 1.96 bits per heavy atom. The van der Waals surface area contributed by atoms with Gasteiger partial charge >= 0.3 is 0 Å². The summed E-state index contributed by atoms with van der Waals surface area (Å²) in [5.74, 6) is 0.200. The minimum Gasteiger partial charge on any atom is -0.444 e. The molecular weight excluding hydrogens is 367 g/mol. The molecule has 4 rings (SSSR count). The molecule has 3 aromatic heterocycles. The second-order valence-corrected chi connectivity index (χ2v) is 7.78. The summed E-state index contributed by atoms with van der Waals surface area (Å²) < 4.78 is 35.2. The molecule has 1 unspecified atom stereocenters. The van der Waals surface area contributed by atoms with Crippen LogP contribution in [-0.4, -0.2) is 37.4 Å². The van der Waals surface area contributed by atoms with Gasteiger partial charge in [0.15, 0.2) is 22.4 Å². The van der Waals surface area contributed by atoms with E-state index in [9.17, 15) is 8.60 Å². The lowest BCUT2D eigenvalue weighted by atomic mass is 10.2. The maximum absolute atomic E-state index is 14.1. The van der Waals surface area contributed by atoms with E-state index in [2.05, 4.69) is 10.1 Å². The molecule has 0 N–H and O–H groups in total. The number of rotatable bonds is 5. The maximum Gasteiger partial charge on any atom is 0.206 e. The van der Waals surface area contributed by atoms with Crippen LogP contribution >= 0.6 is 0 Å². The first-order chi connectivity index (χ1) is 13.0. The van der Waals surface area contributed by atoms with Crippen molar-refractivity contribution in [3.8, 4) is 11.5 Å². The summed E-state index contributed by atoms with van der Waals surface area (Å²) in [4.78, 5) is 4.39. The lowest BCUT2D eigenvalue weighted by Crippen LogP contribution is -2.14. The molecule has 0 aliphatic heterocycles. The second kappa shape index (κ2) is 7.05. The van der Waals surface area contributed by atoms with Crippen LogP contribution in [0.15, 0.2) is 64.2 Å². The first-order valence-corrected chi connectivity index (χ1v) is 9.39. The Kier molecular flexibility index (Phi) is 4.59. The molecule has 0 aliphatic rings. The molecule has 6 nitrogen and oxygen atoms in total. The third-order valence-corrected chi connectivity index (χ3v) is 5.33. The Morgan fingerprint density at radius 3 is 2.74 bits per heavy atom. The number of furan rings is 1. The monoisotopic (exact) mass is 384 g/mol. The van der Waals surface area contributed by atoms with Crippen LogP contribution < -0.4 is 0 Å². The van der Waals surface area contributed by atoms with Crippen LogP contribution in [0, 0.1) is 5.82 Å². The maximum atomic E-state index is 14.1. The van der Waals surface area contributed by atoms with Gasteiger partial charge in [-0.2, -0.15) is 5.10 Å². The van der Waals surface area contributed by atoms with E-state index in [0.717, 1.165) is 5.39 Å². The van der Waals surface area contributed by atoms with Crippen LogP contribution in [0.5, 0.6) is 0 Å². The Labute approximate surface area is 157 Å². The van der Waals surface area contributed by atoms with Crippen LogP contribution in [0.3, 0.4) is 0 Å². The van der Waals surface area contributed by atoms with Crippen molar-refractivity contribution in [3.05, 3.63) is 66.1 Å². The van der Waals surface area contributed by atoms with Gasteiger partial charge in [-0.15, -0.1) is 0 Å². The van der Waals surface area contributed by atoms with Gasteiger partial charge in [0.05, 0.1) is 11.9 Å². The van der Waals surface area contributed by atoms with Crippen molar-refractivity contribution < 1.29 is 13.0 Å². The average Bonchev–Trinajstić information content (AvgIpc) is 3.28. The predicted molar refractivity (Wildman–Crippen MR) is 101 cm³/mol. The van der Waals surface area contributed by atoms with E-state index in [1.54, 1.807) is 59.6 Å². The molecule has 0 spiro atoms. The van der Waals surface area contributed by atoms with Crippen LogP contribution in [0.1, 0.15) is 5.56 Å². The Balaban J connectivity index is 1.79. The van der Waals surface area contributed by atoms with Crippen molar-refractivity contribution in [3.63, 3.8) is 0 Å². The van der Waals surface area contributed by atoms with Gasteiger partial charge in [-0.3, -0.25) is 0 Å². The quantitative estimate of drug-likeness (QED) is 0.529. The molecule has 8 heteroatoms. The molecule has 0 amide bonds. The predicted octanol–water partition coefficient (Wildman–Crippen LogP) is 3.46. The summed E-state index contributed by atoms with van der Waals surface area (Å²) in [6, 6.07) is 13.7. The first-order valence-electron chi connectivity index (χ1n) is 8.29. The first kappa shape index (κ1) is 17.6.